The summed E-state index contributed by atoms with van der Waals surface area (Å²) in [7, 11) is -7.67. The van der Waals surface area contributed by atoms with Gasteiger partial charge in [0.1, 0.15) is 10.7 Å². The number of aromatic nitrogens is 3. The van der Waals surface area contributed by atoms with Crippen molar-refractivity contribution in [1.29, 1.82) is 0 Å². The first-order chi connectivity index (χ1) is 10.2. The monoisotopic (exact) mass is 364 g/mol. The highest BCUT2D eigenvalue weighted by molar-refractivity contribution is 7.86. The molecule has 9 nitrogen and oxygen atoms in total. The summed E-state index contributed by atoms with van der Waals surface area (Å²) in [6, 6.07) is 3.15. The van der Waals surface area contributed by atoms with Gasteiger partial charge in [-0.25, -0.2) is 13.4 Å². The van der Waals surface area contributed by atoms with Crippen LogP contribution in [0.25, 0.3) is 0 Å². The van der Waals surface area contributed by atoms with E-state index in [0.717, 1.165) is 12.1 Å². The topological polar surface area (TPSA) is 139 Å². The van der Waals surface area contributed by atoms with Crippen LogP contribution in [-0.4, -0.2) is 36.3 Å². The van der Waals surface area contributed by atoms with Crippen LogP contribution >= 0.6 is 11.6 Å². The Balaban J connectivity index is 2.55. The van der Waals surface area contributed by atoms with E-state index in [9.17, 15) is 21.4 Å². The standard InChI is InChI=1S/C10H9ClN4O5S2/c1-5-12-9(11)15-10(13-5)14-7-3-2-6(21(16)17)4-8(7)22(18,19)20/h2-4,21H,1H3,(H,18,19,20)(H,12,13,14,15). The zero-order chi connectivity index (χ0) is 16.5. The summed E-state index contributed by atoms with van der Waals surface area (Å²) in [6.07, 6.45) is 0. The van der Waals surface area contributed by atoms with Crippen molar-refractivity contribution in [2.45, 2.75) is 16.7 Å². The van der Waals surface area contributed by atoms with E-state index in [-0.39, 0.29) is 27.6 Å². The summed E-state index contributed by atoms with van der Waals surface area (Å²) in [6.45, 7) is 1.55. The highest BCUT2D eigenvalue weighted by Gasteiger charge is 2.18. The molecule has 2 aromatic rings. The molecule has 1 aromatic carbocycles. The molecule has 1 heterocycles. The molecule has 22 heavy (non-hydrogen) atoms. The maximum atomic E-state index is 11.4. The van der Waals surface area contributed by atoms with Gasteiger partial charge in [0.25, 0.3) is 10.1 Å². The fourth-order valence-corrected chi connectivity index (χ4v) is 2.96. The van der Waals surface area contributed by atoms with Crippen molar-refractivity contribution in [1.82, 2.24) is 15.0 Å². The van der Waals surface area contributed by atoms with Gasteiger partial charge in [0.15, 0.2) is 10.7 Å². The second kappa shape index (κ2) is 6.12. The third kappa shape index (κ3) is 3.88. The zero-order valence-corrected chi connectivity index (χ0v) is 13.4. The Morgan fingerprint density at radius 1 is 1.23 bits per heavy atom. The Hall–Kier alpha value is -1.82. The van der Waals surface area contributed by atoms with Gasteiger partial charge in [0.05, 0.1) is 10.6 Å². The summed E-state index contributed by atoms with van der Waals surface area (Å²) < 4.78 is 53.9. The van der Waals surface area contributed by atoms with E-state index >= 15 is 0 Å². The van der Waals surface area contributed by atoms with Crippen molar-refractivity contribution in [3.05, 3.63) is 29.3 Å². The quantitative estimate of drug-likeness (QED) is 0.530. The fourth-order valence-electron chi connectivity index (χ4n) is 1.57. The van der Waals surface area contributed by atoms with Crippen molar-refractivity contribution in [3.8, 4) is 0 Å². The molecule has 0 saturated heterocycles. The number of rotatable bonds is 4. The molecule has 0 spiro atoms. The van der Waals surface area contributed by atoms with Gasteiger partial charge in [-0.05, 0) is 36.7 Å². The molecule has 2 rings (SSSR count). The van der Waals surface area contributed by atoms with Crippen molar-refractivity contribution < 1.29 is 21.4 Å². The van der Waals surface area contributed by atoms with Gasteiger partial charge in [-0.15, -0.1) is 0 Å². The van der Waals surface area contributed by atoms with E-state index in [1.807, 2.05) is 0 Å². The molecule has 0 bridgehead atoms. The van der Waals surface area contributed by atoms with Crippen LogP contribution in [-0.2, 0) is 20.8 Å². The fraction of sp³-hybridized carbons (Fsp3) is 0.100. The molecule has 12 heteroatoms. The van der Waals surface area contributed by atoms with E-state index < -0.39 is 25.7 Å². The third-order valence-corrected chi connectivity index (χ3v) is 4.18. The lowest BCUT2D eigenvalue weighted by molar-refractivity contribution is 0.483. The predicted molar refractivity (Wildman–Crippen MR) is 77.7 cm³/mol. The Morgan fingerprint density at radius 3 is 2.45 bits per heavy atom. The van der Waals surface area contributed by atoms with Crippen LogP contribution in [0.3, 0.4) is 0 Å². The minimum Gasteiger partial charge on any atom is -0.323 e. The first kappa shape index (κ1) is 16.5. The molecule has 0 aliphatic carbocycles. The summed E-state index contributed by atoms with van der Waals surface area (Å²) in [5.74, 6) is 0.233. The van der Waals surface area contributed by atoms with Gasteiger partial charge in [-0.2, -0.15) is 18.4 Å². The Bertz CT molecular complexity index is 885. The molecule has 1 aromatic heterocycles. The average molecular weight is 365 g/mol. The van der Waals surface area contributed by atoms with Crippen LogP contribution in [0.4, 0.5) is 11.6 Å². The normalized spacial score (nSPS) is 11.6. The third-order valence-electron chi connectivity index (χ3n) is 2.42. The number of benzene rings is 1. The van der Waals surface area contributed by atoms with Crippen molar-refractivity contribution in [3.63, 3.8) is 0 Å². The van der Waals surface area contributed by atoms with Gasteiger partial charge in [0.2, 0.25) is 11.2 Å². The van der Waals surface area contributed by atoms with E-state index in [2.05, 4.69) is 20.3 Å². The second-order valence-electron chi connectivity index (χ2n) is 4.01. The SMILES string of the molecule is Cc1nc(Cl)nc(Nc2ccc([SH](=O)=O)cc2S(=O)(=O)O)n1. The second-order valence-corrected chi connectivity index (χ2v) is 6.77. The van der Waals surface area contributed by atoms with Crippen molar-refractivity contribution in [2.75, 3.05) is 5.32 Å². The van der Waals surface area contributed by atoms with Crippen LogP contribution in [0, 0.1) is 6.92 Å². The van der Waals surface area contributed by atoms with Gasteiger partial charge in [0, 0.05) is 0 Å². The lowest BCUT2D eigenvalue weighted by Gasteiger charge is -2.09. The molecule has 0 radical (unpaired) electrons. The highest BCUT2D eigenvalue weighted by atomic mass is 35.5. The molecular formula is C10H9ClN4O5S2. The van der Waals surface area contributed by atoms with Crippen LogP contribution in [0.15, 0.2) is 28.0 Å². The van der Waals surface area contributed by atoms with Crippen molar-refractivity contribution >= 4 is 44.1 Å². The van der Waals surface area contributed by atoms with E-state index in [4.69, 9.17) is 11.6 Å². The predicted octanol–water partition coefficient (Wildman–Crippen LogP) is 0.794. The molecular weight excluding hydrogens is 356 g/mol. The summed E-state index contributed by atoms with van der Waals surface area (Å²) in [4.78, 5) is 10.5. The number of hydrogen-bond acceptors (Lipinski definition) is 8. The molecule has 118 valence electrons. The van der Waals surface area contributed by atoms with Crippen LogP contribution in [0.2, 0.25) is 5.28 Å². The number of nitrogens with zero attached hydrogens (tertiary/aromatic N) is 3. The Labute approximate surface area is 132 Å². The lowest BCUT2D eigenvalue weighted by Crippen LogP contribution is -2.07. The first-order valence-electron chi connectivity index (χ1n) is 5.58. The van der Waals surface area contributed by atoms with Crippen LogP contribution in [0.5, 0.6) is 0 Å². The first-order valence-corrected chi connectivity index (χ1v) is 8.57. The molecule has 0 saturated carbocycles. The highest BCUT2D eigenvalue weighted by Crippen LogP contribution is 2.25. The van der Waals surface area contributed by atoms with Gasteiger partial charge < -0.3 is 5.32 Å². The van der Waals surface area contributed by atoms with E-state index in [1.54, 1.807) is 6.92 Å². The molecule has 0 aliphatic rings. The summed E-state index contributed by atoms with van der Waals surface area (Å²) >= 11 is 5.66. The lowest BCUT2D eigenvalue weighted by atomic mass is 10.3. The number of aryl methyl sites for hydroxylation is 1. The molecule has 0 aliphatic heterocycles. The minimum atomic E-state index is -4.66. The Morgan fingerprint density at radius 2 is 1.91 bits per heavy atom. The van der Waals surface area contributed by atoms with Crippen LogP contribution in [0.1, 0.15) is 5.82 Å². The summed E-state index contributed by atoms with van der Waals surface area (Å²) in [5.41, 5.74) is -0.107. The number of hydrogen-bond donors (Lipinski definition) is 3. The smallest absolute Gasteiger partial charge is 0.296 e. The van der Waals surface area contributed by atoms with Crippen molar-refractivity contribution in [2.24, 2.45) is 0 Å². The van der Waals surface area contributed by atoms with E-state index in [0.29, 0.717) is 0 Å². The number of anilines is 2. The minimum absolute atomic E-state index is 0.0540. The number of thiol groups is 1. The summed E-state index contributed by atoms with van der Waals surface area (Å²) in [5, 5.41) is 2.44. The largest absolute Gasteiger partial charge is 0.323 e. The van der Waals surface area contributed by atoms with Gasteiger partial charge in [-0.1, -0.05) is 0 Å². The molecule has 2 N–H and O–H groups in total. The van der Waals surface area contributed by atoms with Crippen LogP contribution < -0.4 is 5.32 Å². The number of halogens is 1. The van der Waals surface area contributed by atoms with E-state index in [1.165, 1.54) is 6.07 Å². The molecule has 0 fully saturated rings. The average Bonchev–Trinajstić information content (AvgIpc) is 2.36. The zero-order valence-electron chi connectivity index (χ0n) is 10.9. The number of nitrogens with one attached hydrogen (secondary N) is 1. The molecule has 0 atom stereocenters. The van der Waals surface area contributed by atoms with Gasteiger partial charge >= 0.3 is 0 Å². The Kier molecular flexibility index (Phi) is 4.60. The van der Waals surface area contributed by atoms with Gasteiger partial charge in [-0.3, -0.25) is 4.55 Å². The molecule has 0 amide bonds. The maximum absolute atomic E-state index is 11.4. The maximum Gasteiger partial charge on any atom is 0.296 e. The molecule has 0 unspecified atom stereocenters.